The molecule has 1 amide bonds. The number of benzene rings is 1. The average Bonchev–Trinajstić information content (AvgIpc) is 3.55. The summed E-state index contributed by atoms with van der Waals surface area (Å²) in [5, 5.41) is 5.35. The standard InChI is InChI=1S/C35H37FN6O5/c1-20(43)26-19-38-42-30(16-27(39-31(26)42)21-14-22(36)18-37-17-21)40(32(44)46-34(2,3)4)23-12-13-29-25(15-23)24-10-8-9-11-28(24)41(29)33(45)47-35(5,6)7/h8-11,14,16-19,23H,12-13,15H2,1-7H3/t23-/m1/s1. The predicted molar refractivity (Wildman–Crippen MR) is 174 cm³/mol. The Balaban J connectivity index is 1.53. The fourth-order valence-corrected chi connectivity index (χ4v) is 6.04. The van der Waals surface area contributed by atoms with Gasteiger partial charge in [-0.3, -0.25) is 14.7 Å². The average molecular weight is 641 g/mol. The van der Waals surface area contributed by atoms with Crippen molar-refractivity contribution in [3.05, 3.63) is 77.6 Å². The maximum absolute atomic E-state index is 14.3. The molecule has 1 aliphatic rings. The van der Waals surface area contributed by atoms with Crippen molar-refractivity contribution >= 4 is 40.3 Å². The van der Waals surface area contributed by atoms with Crippen LogP contribution in [0.2, 0.25) is 0 Å². The maximum Gasteiger partial charge on any atom is 0.419 e. The molecule has 12 heteroatoms. The highest BCUT2D eigenvalue weighted by atomic mass is 19.1. The lowest BCUT2D eigenvalue weighted by Crippen LogP contribution is -2.47. The second-order valence-electron chi connectivity index (χ2n) is 13.7. The molecule has 1 aromatic carbocycles. The Hall–Kier alpha value is -5.13. The Morgan fingerprint density at radius 3 is 2.38 bits per heavy atom. The van der Waals surface area contributed by atoms with Gasteiger partial charge in [0.2, 0.25) is 0 Å². The number of ketones is 1. The van der Waals surface area contributed by atoms with Gasteiger partial charge in [0, 0.05) is 34.9 Å². The van der Waals surface area contributed by atoms with Crippen LogP contribution in [0.5, 0.6) is 0 Å². The van der Waals surface area contributed by atoms with E-state index in [1.54, 1.807) is 31.4 Å². The number of hydrogen-bond donors (Lipinski definition) is 0. The first kappa shape index (κ1) is 31.8. The van der Waals surface area contributed by atoms with E-state index >= 15 is 0 Å². The number of anilines is 1. The number of para-hydroxylation sites is 1. The second kappa shape index (κ2) is 11.6. The molecule has 6 rings (SSSR count). The molecule has 0 bridgehead atoms. The van der Waals surface area contributed by atoms with Crippen LogP contribution in [0.15, 0.2) is 55.0 Å². The summed E-state index contributed by atoms with van der Waals surface area (Å²) in [6, 6.07) is 10.1. The summed E-state index contributed by atoms with van der Waals surface area (Å²) in [4.78, 5) is 50.5. The summed E-state index contributed by atoms with van der Waals surface area (Å²) in [6.07, 6.45) is 4.17. The molecule has 5 aromatic rings. The van der Waals surface area contributed by atoms with Crippen molar-refractivity contribution in [1.82, 2.24) is 24.1 Å². The number of pyridine rings is 1. The molecule has 0 saturated carbocycles. The zero-order chi connectivity index (χ0) is 33.8. The highest BCUT2D eigenvalue weighted by molar-refractivity contribution is 6.00. The van der Waals surface area contributed by atoms with Gasteiger partial charge in [-0.25, -0.2) is 23.5 Å². The van der Waals surface area contributed by atoms with E-state index < -0.39 is 35.2 Å². The molecular weight excluding hydrogens is 603 g/mol. The van der Waals surface area contributed by atoms with Gasteiger partial charge in [-0.15, -0.1) is 0 Å². The van der Waals surface area contributed by atoms with Crippen molar-refractivity contribution in [3.8, 4) is 11.3 Å². The zero-order valence-corrected chi connectivity index (χ0v) is 27.5. The molecule has 244 valence electrons. The molecule has 0 radical (unpaired) electrons. The number of hydrogen-bond acceptors (Lipinski definition) is 8. The summed E-state index contributed by atoms with van der Waals surface area (Å²) in [7, 11) is 0. The van der Waals surface area contributed by atoms with Crippen molar-refractivity contribution < 1.29 is 28.2 Å². The normalized spacial score (nSPS) is 15.0. The largest absolute Gasteiger partial charge is 0.443 e. The molecule has 0 aliphatic heterocycles. The lowest BCUT2D eigenvalue weighted by atomic mass is 9.90. The van der Waals surface area contributed by atoms with Gasteiger partial charge in [-0.2, -0.15) is 9.61 Å². The minimum absolute atomic E-state index is 0.209. The van der Waals surface area contributed by atoms with Crippen LogP contribution in [0.3, 0.4) is 0 Å². The molecule has 47 heavy (non-hydrogen) atoms. The molecule has 0 saturated heterocycles. The van der Waals surface area contributed by atoms with Gasteiger partial charge in [-0.05, 0) is 85.4 Å². The number of carbonyl (C=O) groups excluding carboxylic acids is 3. The SMILES string of the molecule is CC(=O)c1cnn2c(N(C(=O)OC(C)(C)C)[C@@H]3CCc4c(c5ccccc5n4C(=O)OC(C)(C)C)C3)cc(-c3cncc(F)c3)nc12. The van der Waals surface area contributed by atoms with Gasteiger partial charge in [0.15, 0.2) is 11.4 Å². The molecule has 0 fully saturated rings. The van der Waals surface area contributed by atoms with Gasteiger partial charge in [0.1, 0.15) is 22.8 Å². The molecular formula is C35H37FN6O5. The van der Waals surface area contributed by atoms with Crippen molar-refractivity contribution in [3.63, 3.8) is 0 Å². The van der Waals surface area contributed by atoms with Gasteiger partial charge in [0.05, 0.1) is 29.2 Å². The van der Waals surface area contributed by atoms with Crippen LogP contribution < -0.4 is 4.90 Å². The maximum atomic E-state index is 14.3. The third-order valence-electron chi connectivity index (χ3n) is 7.85. The first-order chi connectivity index (χ1) is 22.1. The molecule has 1 atom stereocenters. The third kappa shape index (κ3) is 6.19. The fraction of sp³-hybridized carbons (Fsp3) is 0.371. The van der Waals surface area contributed by atoms with Crippen LogP contribution in [0.25, 0.3) is 27.8 Å². The lowest BCUT2D eigenvalue weighted by Gasteiger charge is -2.36. The first-order valence-corrected chi connectivity index (χ1v) is 15.5. The van der Waals surface area contributed by atoms with Crippen molar-refractivity contribution in [2.75, 3.05) is 4.90 Å². The third-order valence-corrected chi connectivity index (χ3v) is 7.85. The topological polar surface area (TPSA) is 121 Å². The van der Waals surface area contributed by atoms with Gasteiger partial charge in [0.25, 0.3) is 0 Å². The highest BCUT2D eigenvalue weighted by Crippen LogP contribution is 2.37. The van der Waals surface area contributed by atoms with Gasteiger partial charge < -0.3 is 9.47 Å². The number of amides is 1. The van der Waals surface area contributed by atoms with Crippen LogP contribution in [-0.2, 0) is 22.3 Å². The number of carbonyl (C=O) groups is 3. The molecule has 0 N–H and O–H groups in total. The quantitative estimate of drug-likeness (QED) is 0.190. The van der Waals surface area contributed by atoms with Crippen LogP contribution in [0.1, 0.15) is 76.5 Å². The summed E-state index contributed by atoms with van der Waals surface area (Å²) in [6.45, 7) is 12.2. The van der Waals surface area contributed by atoms with Crippen molar-refractivity contribution in [2.45, 2.75) is 85.0 Å². The molecule has 4 aromatic heterocycles. The van der Waals surface area contributed by atoms with Gasteiger partial charge >= 0.3 is 12.2 Å². The number of ether oxygens (including phenoxy) is 2. The van der Waals surface area contributed by atoms with E-state index in [-0.39, 0.29) is 17.0 Å². The smallest absolute Gasteiger partial charge is 0.419 e. The predicted octanol–water partition coefficient (Wildman–Crippen LogP) is 7.17. The monoisotopic (exact) mass is 640 g/mol. The van der Waals surface area contributed by atoms with E-state index in [0.29, 0.717) is 36.3 Å². The van der Waals surface area contributed by atoms with E-state index in [0.717, 1.165) is 28.4 Å². The van der Waals surface area contributed by atoms with Crippen LogP contribution in [-0.4, -0.2) is 59.4 Å². The minimum atomic E-state index is -0.835. The molecule has 4 heterocycles. The molecule has 0 spiro atoms. The Bertz CT molecular complexity index is 2050. The van der Waals surface area contributed by atoms with Crippen LogP contribution in [0.4, 0.5) is 19.8 Å². The van der Waals surface area contributed by atoms with E-state index in [1.807, 2.05) is 45.0 Å². The van der Waals surface area contributed by atoms with E-state index in [1.165, 1.54) is 34.8 Å². The Labute approximate surface area is 271 Å². The van der Waals surface area contributed by atoms with E-state index in [9.17, 15) is 18.8 Å². The van der Waals surface area contributed by atoms with E-state index in [4.69, 9.17) is 9.47 Å². The number of fused-ring (bicyclic) bond motifs is 4. The van der Waals surface area contributed by atoms with Crippen molar-refractivity contribution in [2.24, 2.45) is 0 Å². The first-order valence-electron chi connectivity index (χ1n) is 15.5. The summed E-state index contributed by atoms with van der Waals surface area (Å²) < 4.78 is 29.1. The molecule has 1 aliphatic carbocycles. The number of Topliss-reactive ketones (excluding diaryl/α,β-unsaturated/α-hetero) is 1. The Morgan fingerprint density at radius 2 is 1.70 bits per heavy atom. The Morgan fingerprint density at radius 1 is 0.979 bits per heavy atom. The fourth-order valence-electron chi connectivity index (χ4n) is 6.04. The van der Waals surface area contributed by atoms with Crippen LogP contribution >= 0.6 is 0 Å². The lowest BCUT2D eigenvalue weighted by molar-refractivity contribution is 0.0527. The Kier molecular flexibility index (Phi) is 7.85. The van der Waals surface area contributed by atoms with Crippen LogP contribution in [0, 0.1) is 5.82 Å². The summed E-state index contributed by atoms with van der Waals surface area (Å²) in [5.41, 5.74) is 2.05. The molecule has 11 nitrogen and oxygen atoms in total. The van der Waals surface area contributed by atoms with E-state index in [2.05, 4.69) is 15.1 Å². The van der Waals surface area contributed by atoms with Gasteiger partial charge in [-0.1, -0.05) is 18.2 Å². The summed E-state index contributed by atoms with van der Waals surface area (Å²) in [5.74, 6) is -0.536. The minimum Gasteiger partial charge on any atom is -0.443 e. The molecule has 0 unspecified atom stereocenters. The van der Waals surface area contributed by atoms with Crippen molar-refractivity contribution in [1.29, 1.82) is 0 Å². The highest BCUT2D eigenvalue weighted by Gasteiger charge is 2.38. The number of halogens is 1. The zero-order valence-electron chi connectivity index (χ0n) is 27.5. The second-order valence-corrected chi connectivity index (χ2v) is 13.7. The number of rotatable bonds is 4. The number of aromatic nitrogens is 5. The number of nitrogens with zero attached hydrogens (tertiary/aromatic N) is 6. The summed E-state index contributed by atoms with van der Waals surface area (Å²) >= 11 is 0.